The molecule has 0 heterocycles. The highest BCUT2D eigenvalue weighted by atomic mass is 28.3. The maximum Gasteiger partial charge on any atom is 0.513 e. The molecule has 1 fully saturated rings. The van der Waals surface area contributed by atoms with Crippen molar-refractivity contribution >= 4 is 46.0 Å². The first-order valence-electron chi connectivity index (χ1n) is 16.1. The van der Waals surface area contributed by atoms with E-state index in [2.05, 4.69) is 44.7 Å². The van der Waals surface area contributed by atoms with Crippen LogP contribution in [0.25, 0.3) is 0 Å². The van der Waals surface area contributed by atoms with Crippen LogP contribution in [0.4, 0.5) is 15.3 Å². The molecule has 0 spiro atoms. The van der Waals surface area contributed by atoms with Gasteiger partial charge in [0.1, 0.15) is 5.75 Å². The smallest absolute Gasteiger partial charge is 0.464 e. The Morgan fingerprint density at radius 3 is 2.04 bits per heavy atom. The number of nitro benzene ring substituents is 1. The number of nitrogens with one attached hydrogen (secondary N) is 1. The van der Waals surface area contributed by atoms with E-state index in [0.717, 1.165) is 36.7 Å². The fraction of sp³-hybridized carbons (Fsp3) is 0.677. The SMILES string of the molecule is C[Si](C)(C)CCOC(=O)NN(C(=O)CCC1CCCCC1)[C@@H](CCOC(=O)Oc1ccc([N+](=O)[O-])cc1)C(=O)OCC[Si](C)(C)C. The average molecular weight is 682 g/mol. The van der Waals surface area contributed by atoms with E-state index in [1.54, 1.807) is 0 Å². The summed E-state index contributed by atoms with van der Waals surface area (Å²) in [7, 11) is -3.05. The summed E-state index contributed by atoms with van der Waals surface area (Å²) in [5, 5.41) is 11.8. The number of hydrazine groups is 1. The maximum atomic E-state index is 13.6. The third-order valence-electron chi connectivity index (χ3n) is 7.60. The fourth-order valence-electron chi connectivity index (χ4n) is 4.74. The molecule has 0 aromatic heterocycles. The lowest BCUT2D eigenvalue weighted by molar-refractivity contribution is -0.384. The summed E-state index contributed by atoms with van der Waals surface area (Å²) in [4.78, 5) is 62.6. The van der Waals surface area contributed by atoms with E-state index in [-0.39, 0.29) is 44.1 Å². The molecule has 15 heteroatoms. The Kier molecular flexibility index (Phi) is 15.7. The summed E-state index contributed by atoms with van der Waals surface area (Å²) in [5.74, 6) is -0.782. The van der Waals surface area contributed by atoms with Gasteiger partial charge >= 0.3 is 18.2 Å². The molecule has 46 heavy (non-hydrogen) atoms. The van der Waals surface area contributed by atoms with Crippen LogP contribution in [0.5, 0.6) is 5.75 Å². The van der Waals surface area contributed by atoms with Gasteiger partial charge in [0.25, 0.3) is 5.69 Å². The molecule has 1 atom stereocenters. The van der Waals surface area contributed by atoms with Crippen molar-refractivity contribution in [3.8, 4) is 5.75 Å². The van der Waals surface area contributed by atoms with Crippen molar-refractivity contribution in [2.24, 2.45) is 5.92 Å². The molecule has 1 aromatic carbocycles. The number of carbonyl (C=O) groups is 4. The van der Waals surface area contributed by atoms with Gasteiger partial charge in [0, 0.05) is 41.1 Å². The van der Waals surface area contributed by atoms with Crippen molar-refractivity contribution in [2.45, 2.75) is 109 Å². The molecular weight excluding hydrogens is 631 g/mol. The average Bonchev–Trinajstić information content (AvgIpc) is 2.96. The highest BCUT2D eigenvalue weighted by Crippen LogP contribution is 2.28. The van der Waals surface area contributed by atoms with Crippen LogP contribution >= 0.6 is 0 Å². The zero-order valence-corrected chi connectivity index (χ0v) is 30.1. The van der Waals surface area contributed by atoms with Crippen molar-refractivity contribution in [3.63, 3.8) is 0 Å². The number of ether oxygens (including phenoxy) is 4. The minimum atomic E-state index is -1.55. The number of nitrogens with zero attached hydrogens (tertiary/aromatic N) is 2. The van der Waals surface area contributed by atoms with Crippen molar-refractivity contribution < 1.29 is 43.0 Å². The number of nitro groups is 1. The van der Waals surface area contributed by atoms with Crippen LogP contribution in [0, 0.1) is 16.0 Å². The second kappa shape index (κ2) is 18.6. The molecule has 2 amide bonds. The Morgan fingerprint density at radius 2 is 1.48 bits per heavy atom. The zero-order valence-electron chi connectivity index (χ0n) is 28.1. The molecule has 258 valence electrons. The molecule has 0 aliphatic heterocycles. The van der Waals surface area contributed by atoms with Crippen LogP contribution < -0.4 is 10.2 Å². The molecule has 0 unspecified atom stereocenters. The minimum absolute atomic E-state index is 0.0279. The Hall–Kier alpha value is -3.47. The van der Waals surface area contributed by atoms with Crippen molar-refractivity contribution in [1.82, 2.24) is 10.4 Å². The third kappa shape index (κ3) is 15.7. The zero-order chi connectivity index (χ0) is 34.3. The summed E-state index contributed by atoms with van der Waals surface area (Å²) >= 11 is 0. The van der Waals surface area contributed by atoms with Gasteiger partial charge < -0.3 is 18.9 Å². The summed E-state index contributed by atoms with van der Waals surface area (Å²) < 4.78 is 21.2. The quantitative estimate of drug-likeness (QED) is 0.0484. The monoisotopic (exact) mass is 681 g/mol. The summed E-state index contributed by atoms with van der Waals surface area (Å²) in [5.41, 5.74) is 2.32. The number of amides is 2. The van der Waals surface area contributed by atoms with Gasteiger partial charge in [-0.3, -0.25) is 14.9 Å². The normalized spacial score (nSPS) is 14.5. The highest BCUT2D eigenvalue weighted by Gasteiger charge is 2.34. The number of esters is 1. The lowest BCUT2D eigenvalue weighted by Gasteiger charge is -2.31. The molecule has 0 bridgehead atoms. The molecular formula is C31H51N3O10Si2. The van der Waals surface area contributed by atoms with Gasteiger partial charge in [-0.15, -0.1) is 0 Å². The Balaban J connectivity index is 2.18. The van der Waals surface area contributed by atoms with Crippen molar-refractivity contribution in [1.29, 1.82) is 0 Å². The Bertz CT molecular complexity index is 1160. The first kappa shape index (κ1) is 38.7. The van der Waals surface area contributed by atoms with Crippen LogP contribution in [0.1, 0.15) is 51.4 Å². The van der Waals surface area contributed by atoms with Gasteiger partial charge in [-0.05, 0) is 36.6 Å². The third-order valence-corrected chi connectivity index (χ3v) is 11.0. The molecule has 1 N–H and O–H groups in total. The summed E-state index contributed by atoms with van der Waals surface area (Å²) in [6, 6.07) is 5.00. The number of benzene rings is 1. The summed E-state index contributed by atoms with van der Waals surface area (Å²) in [6.45, 7) is 12.8. The lowest BCUT2D eigenvalue weighted by atomic mass is 9.86. The first-order chi connectivity index (χ1) is 21.5. The van der Waals surface area contributed by atoms with Crippen LogP contribution in [0.3, 0.4) is 0 Å². The molecule has 1 saturated carbocycles. The molecule has 2 rings (SSSR count). The number of non-ortho nitro benzene ring substituents is 1. The number of rotatable bonds is 16. The largest absolute Gasteiger partial charge is 0.513 e. The standard InChI is InChI=1S/C31H51N3O10Si2/c1-45(2,3)22-20-41-29(36)27(18-19-43-31(38)44-26-15-13-25(14-16-26)34(39)40)33(32-30(37)42-21-23-46(4,5)6)28(35)17-12-24-10-8-7-9-11-24/h13-16,24,27H,7-12,17-23H2,1-6H3,(H,32,37)/t27-/m0/s1. The van der Waals surface area contributed by atoms with Gasteiger partial charge in [0.2, 0.25) is 5.91 Å². The van der Waals surface area contributed by atoms with E-state index >= 15 is 0 Å². The molecule has 0 saturated heterocycles. The predicted molar refractivity (Wildman–Crippen MR) is 178 cm³/mol. The first-order valence-corrected chi connectivity index (χ1v) is 23.5. The topological polar surface area (TPSA) is 164 Å². The van der Waals surface area contributed by atoms with E-state index in [4.69, 9.17) is 18.9 Å². The molecule has 1 aliphatic carbocycles. The van der Waals surface area contributed by atoms with Gasteiger partial charge in [0.05, 0.1) is 24.7 Å². The van der Waals surface area contributed by atoms with E-state index in [1.165, 1.54) is 30.7 Å². The molecule has 13 nitrogen and oxygen atoms in total. The van der Waals surface area contributed by atoms with Crippen LogP contribution in [-0.2, 0) is 23.8 Å². The minimum Gasteiger partial charge on any atom is -0.464 e. The van der Waals surface area contributed by atoms with Crippen molar-refractivity contribution in [3.05, 3.63) is 34.4 Å². The van der Waals surface area contributed by atoms with E-state index in [0.29, 0.717) is 18.4 Å². The fourth-order valence-corrected chi connectivity index (χ4v) is 6.17. The molecule has 1 aliphatic rings. The highest BCUT2D eigenvalue weighted by molar-refractivity contribution is 6.76. The van der Waals surface area contributed by atoms with E-state index < -0.39 is 51.2 Å². The number of hydrogen-bond donors (Lipinski definition) is 1. The predicted octanol–water partition coefficient (Wildman–Crippen LogP) is 6.92. The van der Waals surface area contributed by atoms with Crippen LogP contribution in [0.15, 0.2) is 24.3 Å². The Morgan fingerprint density at radius 1 is 0.891 bits per heavy atom. The second-order valence-electron chi connectivity index (χ2n) is 14.1. The lowest BCUT2D eigenvalue weighted by Crippen LogP contribution is -2.56. The maximum absolute atomic E-state index is 13.6. The molecule has 1 aromatic rings. The second-order valence-corrected chi connectivity index (χ2v) is 25.3. The van der Waals surface area contributed by atoms with Crippen LogP contribution in [-0.4, -0.2) is 76.1 Å². The number of hydrogen-bond acceptors (Lipinski definition) is 10. The van der Waals surface area contributed by atoms with Crippen LogP contribution in [0.2, 0.25) is 51.4 Å². The van der Waals surface area contributed by atoms with Gasteiger partial charge in [-0.2, -0.15) is 0 Å². The van der Waals surface area contributed by atoms with Crippen molar-refractivity contribution in [2.75, 3.05) is 19.8 Å². The van der Waals surface area contributed by atoms with E-state index in [9.17, 15) is 29.3 Å². The van der Waals surface area contributed by atoms with Gasteiger partial charge in [0.15, 0.2) is 6.04 Å². The number of carbonyl (C=O) groups excluding carboxylic acids is 4. The van der Waals surface area contributed by atoms with Gasteiger partial charge in [-0.1, -0.05) is 71.4 Å². The van der Waals surface area contributed by atoms with Gasteiger partial charge in [-0.25, -0.2) is 24.8 Å². The van der Waals surface area contributed by atoms with E-state index in [1.807, 2.05) is 0 Å². The summed E-state index contributed by atoms with van der Waals surface area (Å²) in [6.07, 6.45) is 4.06. The molecule has 0 radical (unpaired) electrons. The Labute approximate surface area is 273 Å².